The van der Waals surface area contributed by atoms with Crippen LogP contribution >= 0.6 is 0 Å². The molecule has 1 aliphatic heterocycles. The van der Waals surface area contributed by atoms with Gasteiger partial charge in [-0.25, -0.2) is 4.98 Å². The Bertz CT molecular complexity index is 890. The molecule has 2 aromatic rings. The number of methoxy groups -OCH3 is 1. The van der Waals surface area contributed by atoms with E-state index < -0.39 is 0 Å². The quantitative estimate of drug-likeness (QED) is 0.703. The first-order valence-electron chi connectivity index (χ1n) is 10.9. The highest BCUT2D eigenvalue weighted by Gasteiger charge is 2.48. The Hall–Kier alpha value is -2.49. The lowest BCUT2D eigenvalue weighted by Gasteiger charge is -2.46. The predicted molar refractivity (Wildman–Crippen MR) is 114 cm³/mol. The van der Waals surface area contributed by atoms with Gasteiger partial charge in [-0.15, -0.1) is 0 Å². The summed E-state index contributed by atoms with van der Waals surface area (Å²) in [4.78, 5) is 8.96. The molecule has 1 saturated heterocycles. The van der Waals surface area contributed by atoms with Crippen LogP contribution in [0.1, 0.15) is 61.9 Å². The molecule has 0 amide bonds. The molecule has 1 N–H and O–H groups in total. The molecule has 3 heterocycles. The summed E-state index contributed by atoms with van der Waals surface area (Å²) in [6.07, 6.45) is 11.6. The molecule has 2 aliphatic rings. The van der Waals surface area contributed by atoms with Crippen molar-refractivity contribution in [3.05, 3.63) is 53.6 Å². The van der Waals surface area contributed by atoms with E-state index in [1.165, 1.54) is 31.4 Å². The Morgan fingerprint density at radius 2 is 2.10 bits per heavy atom. The van der Waals surface area contributed by atoms with Crippen LogP contribution in [-0.2, 0) is 16.7 Å². The van der Waals surface area contributed by atoms with Crippen molar-refractivity contribution in [1.82, 2.24) is 15.3 Å². The number of pyridine rings is 2. The van der Waals surface area contributed by atoms with Gasteiger partial charge in [-0.2, -0.15) is 5.26 Å². The molecule has 0 bridgehead atoms. The molecule has 6 heteroatoms. The van der Waals surface area contributed by atoms with Gasteiger partial charge >= 0.3 is 0 Å². The molecular formula is C24H30N4O2. The first kappa shape index (κ1) is 20.8. The minimum absolute atomic E-state index is 0.0418. The zero-order valence-electron chi connectivity index (χ0n) is 17.7. The summed E-state index contributed by atoms with van der Waals surface area (Å²) in [5, 5.41) is 12.7. The zero-order chi connectivity index (χ0) is 20.9. The van der Waals surface area contributed by atoms with E-state index in [2.05, 4.69) is 28.5 Å². The Morgan fingerprint density at radius 1 is 1.23 bits per heavy atom. The summed E-state index contributed by atoms with van der Waals surface area (Å²) in [5.41, 5.74) is 2.62. The van der Waals surface area contributed by atoms with Crippen molar-refractivity contribution >= 4 is 0 Å². The molecule has 1 spiro atoms. The number of aromatic nitrogens is 2. The van der Waals surface area contributed by atoms with Gasteiger partial charge in [0.25, 0.3) is 0 Å². The Balaban J connectivity index is 1.44. The van der Waals surface area contributed by atoms with Gasteiger partial charge in [-0.3, -0.25) is 4.98 Å². The van der Waals surface area contributed by atoms with Crippen molar-refractivity contribution in [2.45, 2.75) is 62.5 Å². The second kappa shape index (κ2) is 9.11. The molecule has 1 aliphatic carbocycles. The molecule has 30 heavy (non-hydrogen) atoms. The van der Waals surface area contributed by atoms with Gasteiger partial charge in [0, 0.05) is 36.7 Å². The number of nitrogens with one attached hydrogen (secondary N) is 1. The van der Waals surface area contributed by atoms with E-state index in [4.69, 9.17) is 19.7 Å². The van der Waals surface area contributed by atoms with Gasteiger partial charge in [0.05, 0.1) is 12.7 Å². The molecule has 1 saturated carbocycles. The van der Waals surface area contributed by atoms with Crippen molar-refractivity contribution < 1.29 is 9.47 Å². The standard InChI is InChI=1S/C24H30N4O2/c1-29-21-14-19(17-28-20(21)15-25)16-26-12-9-23(22-6-2-5-11-27-22)10-13-30-24(18-23)7-3-4-8-24/h2,5-6,11,14,17,26H,3-4,7-10,12-13,16,18H2,1H3. The van der Waals surface area contributed by atoms with Gasteiger partial charge < -0.3 is 14.8 Å². The molecular weight excluding hydrogens is 376 g/mol. The molecule has 0 aromatic carbocycles. The number of hydrogen-bond acceptors (Lipinski definition) is 6. The van der Waals surface area contributed by atoms with Crippen LogP contribution in [0.5, 0.6) is 5.75 Å². The molecule has 158 valence electrons. The Labute approximate surface area is 178 Å². The van der Waals surface area contributed by atoms with Crippen molar-refractivity contribution in [2.24, 2.45) is 0 Å². The van der Waals surface area contributed by atoms with Crippen LogP contribution in [0.4, 0.5) is 0 Å². The Morgan fingerprint density at radius 3 is 2.83 bits per heavy atom. The third-order valence-electron chi connectivity index (χ3n) is 6.72. The summed E-state index contributed by atoms with van der Waals surface area (Å²) >= 11 is 0. The van der Waals surface area contributed by atoms with E-state index in [1.807, 2.05) is 18.3 Å². The summed E-state index contributed by atoms with van der Waals surface area (Å²) < 4.78 is 11.6. The minimum Gasteiger partial charge on any atom is -0.494 e. The van der Waals surface area contributed by atoms with E-state index in [9.17, 15) is 0 Å². The number of nitriles is 1. The monoisotopic (exact) mass is 406 g/mol. The summed E-state index contributed by atoms with van der Waals surface area (Å²) in [6, 6.07) is 10.2. The highest BCUT2D eigenvalue weighted by atomic mass is 16.5. The lowest BCUT2D eigenvalue weighted by Crippen LogP contribution is -2.47. The van der Waals surface area contributed by atoms with Crippen LogP contribution in [-0.4, -0.2) is 35.8 Å². The molecule has 0 radical (unpaired) electrons. The smallest absolute Gasteiger partial charge is 0.182 e. The fourth-order valence-electron chi connectivity index (χ4n) is 5.18. The predicted octanol–water partition coefficient (Wildman–Crippen LogP) is 3.90. The van der Waals surface area contributed by atoms with Crippen molar-refractivity contribution in [3.63, 3.8) is 0 Å². The molecule has 2 aromatic heterocycles. The third-order valence-corrected chi connectivity index (χ3v) is 6.72. The maximum atomic E-state index is 9.10. The number of nitrogens with zero attached hydrogens (tertiary/aromatic N) is 3. The Kier molecular flexibility index (Phi) is 6.31. The summed E-state index contributed by atoms with van der Waals surface area (Å²) in [7, 11) is 1.57. The maximum absolute atomic E-state index is 9.10. The van der Waals surface area contributed by atoms with Crippen LogP contribution in [0.3, 0.4) is 0 Å². The van der Waals surface area contributed by atoms with Gasteiger partial charge in [0.1, 0.15) is 6.07 Å². The SMILES string of the molecule is COc1cc(CNCCC2(c3ccccn3)CCOC3(CCCC3)C2)cnc1C#N. The fourth-order valence-corrected chi connectivity index (χ4v) is 5.18. The third kappa shape index (κ3) is 4.33. The lowest BCUT2D eigenvalue weighted by atomic mass is 9.68. The van der Waals surface area contributed by atoms with E-state index in [0.29, 0.717) is 18.0 Å². The average Bonchev–Trinajstić information content (AvgIpc) is 3.24. The maximum Gasteiger partial charge on any atom is 0.182 e. The van der Waals surface area contributed by atoms with Gasteiger partial charge in [0.15, 0.2) is 11.4 Å². The van der Waals surface area contributed by atoms with Crippen LogP contribution in [0.25, 0.3) is 0 Å². The van der Waals surface area contributed by atoms with Crippen molar-refractivity contribution in [3.8, 4) is 11.8 Å². The normalized spacial score (nSPS) is 22.7. The summed E-state index contributed by atoms with van der Waals surface area (Å²) in [5.74, 6) is 0.523. The van der Waals surface area contributed by atoms with Gasteiger partial charge in [-0.1, -0.05) is 18.9 Å². The van der Waals surface area contributed by atoms with Crippen molar-refractivity contribution in [2.75, 3.05) is 20.3 Å². The fraction of sp³-hybridized carbons (Fsp3) is 0.542. The second-order valence-electron chi connectivity index (χ2n) is 8.59. The van der Waals surface area contributed by atoms with Gasteiger partial charge in [0.2, 0.25) is 0 Å². The molecule has 2 fully saturated rings. The number of rotatable bonds is 7. The number of ether oxygens (including phenoxy) is 2. The topological polar surface area (TPSA) is 80.1 Å². The molecule has 1 unspecified atom stereocenters. The van der Waals surface area contributed by atoms with Gasteiger partial charge in [-0.05, 0) is 62.4 Å². The second-order valence-corrected chi connectivity index (χ2v) is 8.59. The van der Waals surface area contributed by atoms with Crippen molar-refractivity contribution in [1.29, 1.82) is 5.26 Å². The van der Waals surface area contributed by atoms with E-state index in [1.54, 1.807) is 13.3 Å². The van der Waals surface area contributed by atoms with Crippen LogP contribution in [0.15, 0.2) is 36.7 Å². The molecule has 6 nitrogen and oxygen atoms in total. The van der Waals surface area contributed by atoms with E-state index in [0.717, 1.165) is 38.0 Å². The average molecular weight is 407 g/mol. The van der Waals surface area contributed by atoms with Crippen LogP contribution in [0.2, 0.25) is 0 Å². The molecule has 1 atom stereocenters. The zero-order valence-corrected chi connectivity index (χ0v) is 17.7. The first-order chi connectivity index (χ1) is 14.7. The first-order valence-corrected chi connectivity index (χ1v) is 10.9. The van der Waals surface area contributed by atoms with E-state index in [-0.39, 0.29) is 11.0 Å². The minimum atomic E-state index is 0.0418. The summed E-state index contributed by atoms with van der Waals surface area (Å²) in [6.45, 7) is 2.39. The highest BCUT2D eigenvalue weighted by Crippen LogP contribution is 2.49. The lowest BCUT2D eigenvalue weighted by molar-refractivity contribution is -0.104. The largest absolute Gasteiger partial charge is 0.494 e. The number of hydrogen-bond donors (Lipinski definition) is 1. The molecule has 4 rings (SSSR count). The van der Waals surface area contributed by atoms with Crippen LogP contribution < -0.4 is 10.1 Å². The van der Waals surface area contributed by atoms with Crippen LogP contribution in [0, 0.1) is 11.3 Å². The van der Waals surface area contributed by atoms with E-state index >= 15 is 0 Å². The highest BCUT2D eigenvalue weighted by molar-refractivity contribution is 5.39.